The number of ether oxygens (including phenoxy) is 1. The van der Waals surface area contributed by atoms with Gasteiger partial charge in [-0.2, -0.15) is 0 Å². The number of carbonyl (C=O) groups excluding carboxylic acids is 1. The van der Waals surface area contributed by atoms with Gasteiger partial charge in [-0.05, 0) is 29.3 Å². The third-order valence-electron chi connectivity index (χ3n) is 2.33. The van der Waals surface area contributed by atoms with Crippen LogP contribution < -0.4 is 5.32 Å². The second-order valence-electron chi connectivity index (χ2n) is 3.53. The van der Waals surface area contributed by atoms with Gasteiger partial charge < -0.3 is 10.1 Å². The second-order valence-corrected chi connectivity index (χ2v) is 4.38. The third kappa shape index (κ3) is 4.51. The number of hydrogen-bond acceptors (Lipinski definition) is 4. The maximum Gasteiger partial charge on any atom is 0.327 e. The molecule has 1 aromatic rings. The zero-order valence-electron chi connectivity index (χ0n) is 10.1. The molecule has 102 valence electrons. The average molecular weight is 331 g/mol. The van der Waals surface area contributed by atoms with Crippen molar-refractivity contribution in [3.63, 3.8) is 0 Å². The highest BCUT2D eigenvalue weighted by molar-refractivity contribution is 9.10. The van der Waals surface area contributed by atoms with Crippen LogP contribution in [0, 0.1) is 5.82 Å². The number of carbonyl (C=O) groups is 1. The molecule has 0 spiro atoms. The molecule has 0 aromatic heterocycles. The zero-order valence-corrected chi connectivity index (χ0v) is 11.7. The van der Waals surface area contributed by atoms with E-state index < -0.39 is 17.8 Å². The Morgan fingerprint density at radius 1 is 1.68 bits per heavy atom. The molecule has 8 heteroatoms. The Morgan fingerprint density at radius 3 is 3.05 bits per heavy atom. The Hall–Kier alpha value is -1.63. The van der Waals surface area contributed by atoms with Gasteiger partial charge in [0, 0.05) is 22.5 Å². The fourth-order valence-electron chi connectivity index (χ4n) is 1.48. The minimum absolute atomic E-state index is 0.178. The molecule has 0 aliphatic heterocycles. The molecule has 1 atom stereocenters. The standard InChI is InChI=1S/C11H12BrFN4O2/c1-19-11(18)10(15-4-5-16-17-14)8-6-7(13)2-3-9(8)12/h2-3,6,10,15H,4-5H2,1H3. The largest absolute Gasteiger partial charge is 0.468 e. The summed E-state index contributed by atoms with van der Waals surface area (Å²) in [4.78, 5) is 14.3. The fourth-order valence-corrected chi connectivity index (χ4v) is 1.95. The van der Waals surface area contributed by atoms with Gasteiger partial charge in [0.05, 0.1) is 7.11 Å². The third-order valence-corrected chi connectivity index (χ3v) is 3.05. The molecule has 1 unspecified atom stereocenters. The summed E-state index contributed by atoms with van der Waals surface area (Å²) in [5.74, 6) is -1.00. The predicted octanol–water partition coefficient (Wildman–Crippen LogP) is 2.70. The minimum Gasteiger partial charge on any atom is -0.468 e. The first-order valence-corrected chi connectivity index (χ1v) is 6.16. The van der Waals surface area contributed by atoms with Crippen LogP contribution in [0.3, 0.4) is 0 Å². The van der Waals surface area contributed by atoms with Crippen LogP contribution in [0.15, 0.2) is 27.8 Å². The van der Waals surface area contributed by atoms with E-state index in [1.807, 2.05) is 0 Å². The average Bonchev–Trinajstić information content (AvgIpc) is 2.41. The van der Waals surface area contributed by atoms with Gasteiger partial charge in [-0.3, -0.25) is 0 Å². The maximum absolute atomic E-state index is 13.3. The number of benzene rings is 1. The van der Waals surface area contributed by atoms with Gasteiger partial charge in [-0.15, -0.1) is 0 Å². The van der Waals surface area contributed by atoms with E-state index in [1.54, 1.807) is 0 Å². The van der Waals surface area contributed by atoms with Crippen LogP contribution in [0.25, 0.3) is 10.4 Å². The van der Waals surface area contributed by atoms with Gasteiger partial charge in [0.25, 0.3) is 0 Å². The first kappa shape index (κ1) is 15.4. The number of methoxy groups -OCH3 is 1. The maximum atomic E-state index is 13.3. The van der Waals surface area contributed by atoms with Crippen molar-refractivity contribution in [3.8, 4) is 0 Å². The molecule has 19 heavy (non-hydrogen) atoms. The molecule has 0 bridgehead atoms. The van der Waals surface area contributed by atoms with Crippen molar-refractivity contribution >= 4 is 21.9 Å². The van der Waals surface area contributed by atoms with Crippen LogP contribution in [-0.2, 0) is 9.53 Å². The normalized spacial score (nSPS) is 11.5. The summed E-state index contributed by atoms with van der Waals surface area (Å²) >= 11 is 3.25. The van der Waals surface area contributed by atoms with Crippen LogP contribution in [-0.4, -0.2) is 26.2 Å². The summed E-state index contributed by atoms with van der Waals surface area (Å²) in [5, 5.41) is 6.20. The topological polar surface area (TPSA) is 87.1 Å². The number of esters is 1. The van der Waals surface area contributed by atoms with Crippen molar-refractivity contribution in [2.45, 2.75) is 6.04 Å². The van der Waals surface area contributed by atoms with E-state index in [0.29, 0.717) is 10.0 Å². The number of halogens is 2. The predicted molar refractivity (Wildman–Crippen MR) is 70.9 cm³/mol. The Kier molecular flexibility index (Phi) is 6.27. The van der Waals surface area contributed by atoms with Gasteiger partial charge in [0.15, 0.2) is 0 Å². The molecule has 1 N–H and O–H groups in total. The SMILES string of the molecule is COC(=O)C(NCCN=[N+]=[N-])c1cc(F)ccc1Br. The summed E-state index contributed by atoms with van der Waals surface area (Å²) in [6.07, 6.45) is 0. The van der Waals surface area contributed by atoms with Crippen LogP contribution in [0.5, 0.6) is 0 Å². The molecule has 1 rings (SSSR count). The summed E-state index contributed by atoms with van der Waals surface area (Å²) in [6.45, 7) is 0.448. The van der Waals surface area contributed by atoms with Crippen molar-refractivity contribution in [1.29, 1.82) is 0 Å². The molecule has 0 saturated carbocycles. The Balaban J connectivity index is 2.92. The van der Waals surface area contributed by atoms with Gasteiger partial charge >= 0.3 is 5.97 Å². The van der Waals surface area contributed by atoms with Gasteiger partial charge in [-0.1, -0.05) is 21.0 Å². The highest BCUT2D eigenvalue weighted by Crippen LogP contribution is 2.25. The number of hydrogen-bond donors (Lipinski definition) is 1. The van der Waals surface area contributed by atoms with Gasteiger partial charge in [-0.25, -0.2) is 9.18 Å². The Bertz CT molecular complexity index is 505. The molecule has 0 saturated heterocycles. The van der Waals surface area contributed by atoms with Crippen LogP contribution in [0.1, 0.15) is 11.6 Å². The number of rotatable bonds is 6. The summed E-state index contributed by atoms with van der Waals surface area (Å²) in [7, 11) is 1.25. The second kappa shape index (κ2) is 7.73. The molecular formula is C11H12BrFN4O2. The van der Waals surface area contributed by atoms with E-state index in [-0.39, 0.29) is 13.1 Å². The summed E-state index contributed by atoms with van der Waals surface area (Å²) < 4.78 is 18.5. The van der Waals surface area contributed by atoms with Crippen LogP contribution >= 0.6 is 15.9 Å². The summed E-state index contributed by atoms with van der Waals surface area (Å²) in [6, 6.07) is 3.20. The zero-order chi connectivity index (χ0) is 14.3. The van der Waals surface area contributed by atoms with Gasteiger partial charge in [0.2, 0.25) is 0 Å². The number of nitrogens with zero attached hydrogens (tertiary/aromatic N) is 3. The first-order valence-electron chi connectivity index (χ1n) is 5.37. The highest BCUT2D eigenvalue weighted by Gasteiger charge is 2.23. The number of nitrogens with one attached hydrogen (secondary N) is 1. The van der Waals surface area contributed by atoms with Crippen molar-refractivity contribution in [1.82, 2.24) is 5.32 Å². The van der Waals surface area contributed by atoms with Crippen LogP contribution in [0.2, 0.25) is 0 Å². The van der Waals surface area contributed by atoms with E-state index in [4.69, 9.17) is 5.53 Å². The quantitative estimate of drug-likeness (QED) is 0.286. The van der Waals surface area contributed by atoms with E-state index in [9.17, 15) is 9.18 Å². The first-order chi connectivity index (χ1) is 9.10. The number of azide groups is 1. The minimum atomic E-state index is -0.830. The van der Waals surface area contributed by atoms with Crippen molar-refractivity contribution in [2.24, 2.45) is 5.11 Å². The lowest BCUT2D eigenvalue weighted by Gasteiger charge is -2.17. The lowest BCUT2D eigenvalue weighted by Crippen LogP contribution is -2.31. The Labute approximate surface area is 117 Å². The van der Waals surface area contributed by atoms with Crippen LogP contribution in [0.4, 0.5) is 4.39 Å². The van der Waals surface area contributed by atoms with E-state index in [1.165, 1.54) is 25.3 Å². The molecular weight excluding hydrogens is 319 g/mol. The van der Waals surface area contributed by atoms with E-state index in [0.717, 1.165) is 0 Å². The molecule has 0 fully saturated rings. The van der Waals surface area contributed by atoms with Gasteiger partial charge in [0.1, 0.15) is 11.9 Å². The lowest BCUT2D eigenvalue weighted by molar-refractivity contribution is -0.143. The smallest absolute Gasteiger partial charge is 0.327 e. The molecule has 0 aliphatic rings. The van der Waals surface area contributed by atoms with Crippen molar-refractivity contribution in [3.05, 3.63) is 44.5 Å². The van der Waals surface area contributed by atoms with Crippen molar-refractivity contribution in [2.75, 3.05) is 20.2 Å². The van der Waals surface area contributed by atoms with E-state index >= 15 is 0 Å². The highest BCUT2D eigenvalue weighted by atomic mass is 79.9. The molecule has 1 aromatic carbocycles. The molecule has 6 nitrogen and oxygen atoms in total. The molecule has 0 heterocycles. The van der Waals surface area contributed by atoms with E-state index in [2.05, 4.69) is 36.0 Å². The Morgan fingerprint density at radius 2 is 2.42 bits per heavy atom. The lowest BCUT2D eigenvalue weighted by atomic mass is 10.1. The van der Waals surface area contributed by atoms with Crippen molar-refractivity contribution < 1.29 is 13.9 Å². The molecule has 0 amide bonds. The monoisotopic (exact) mass is 330 g/mol. The molecule has 0 aliphatic carbocycles. The summed E-state index contributed by atoms with van der Waals surface area (Å²) in [5.41, 5.74) is 8.59. The molecule has 0 radical (unpaired) electrons. The fraction of sp³-hybridized carbons (Fsp3) is 0.364.